The van der Waals surface area contributed by atoms with E-state index in [1.54, 1.807) is 0 Å². The molecule has 0 aromatic rings. The van der Waals surface area contributed by atoms with Crippen LogP contribution in [0.5, 0.6) is 0 Å². The van der Waals surface area contributed by atoms with Gasteiger partial charge in [0.05, 0.1) is 13.2 Å². The molecular formula is C25H52NO9P. The molecule has 0 aliphatic rings. The van der Waals surface area contributed by atoms with E-state index >= 15 is 0 Å². The van der Waals surface area contributed by atoms with Crippen molar-refractivity contribution in [1.29, 1.82) is 0 Å². The maximum absolute atomic E-state index is 12.1. The molecule has 0 aliphatic heterocycles. The van der Waals surface area contributed by atoms with Crippen molar-refractivity contribution in [2.75, 3.05) is 26.4 Å². The summed E-state index contributed by atoms with van der Waals surface area (Å²) in [4.78, 5) is 41.8. The molecule has 10 nitrogen and oxygen atoms in total. The minimum Gasteiger partial charge on any atom is -0.462 e. The van der Waals surface area contributed by atoms with E-state index in [0.717, 1.165) is 38.5 Å². The van der Waals surface area contributed by atoms with Crippen molar-refractivity contribution < 1.29 is 43.0 Å². The van der Waals surface area contributed by atoms with Crippen LogP contribution in [-0.4, -0.2) is 59.3 Å². The third kappa shape index (κ3) is 31.0. The van der Waals surface area contributed by atoms with Crippen molar-refractivity contribution in [1.82, 2.24) is 0 Å². The molecule has 0 aromatic carbocycles. The van der Waals surface area contributed by atoms with Gasteiger partial charge in [-0.05, 0) is 12.8 Å². The minimum atomic E-state index is -4.72. The van der Waals surface area contributed by atoms with Crippen molar-refractivity contribution >= 4 is 19.8 Å². The van der Waals surface area contributed by atoms with Crippen LogP contribution in [0.15, 0.2) is 0 Å². The number of carbonyl (C=O) groups is 2. The van der Waals surface area contributed by atoms with Gasteiger partial charge in [-0.15, -0.1) is 0 Å². The third-order valence-corrected chi connectivity index (χ3v) is 5.74. The molecule has 0 heterocycles. The first-order valence-electron chi connectivity index (χ1n) is 13.6. The van der Waals surface area contributed by atoms with E-state index in [4.69, 9.17) is 30.1 Å². The van der Waals surface area contributed by atoms with Gasteiger partial charge in [-0.25, -0.2) is 4.57 Å². The van der Waals surface area contributed by atoms with Crippen LogP contribution in [0.1, 0.15) is 117 Å². The second-order valence-corrected chi connectivity index (χ2v) is 10.1. The zero-order chi connectivity index (χ0) is 27.5. The van der Waals surface area contributed by atoms with Crippen LogP contribution in [0.4, 0.5) is 0 Å². The molecule has 36 heavy (non-hydrogen) atoms. The van der Waals surface area contributed by atoms with Gasteiger partial charge in [0.1, 0.15) is 6.61 Å². The fourth-order valence-corrected chi connectivity index (χ4v) is 3.61. The number of rotatable bonds is 23. The molecule has 0 amide bonds. The molecular weight excluding hydrogens is 489 g/mol. The van der Waals surface area contributed by atoms with Crippen LogP contribution < -0.4 is 5.73 Å². The quantitative estimate of drug-likeness (QED) is 0.0804. The Morgan fingerprint density at radius 2 is 1.17 bits per heavy atom. The number of hydrogen-bond acceptors (Lipinski definition) is 8. The third-order valence-electron chi connectivity index (χ3n) is 5.25. The number of ether oxygens (including phenoxy) is 2. The lowest BCUT2D eigenvalue weighted by molar-refractivity contribution is -0.161. The monoisotopic (exact) mass is 541 g/mol. The standard InChI is InChI=1S/C23H45O8P.C2H7NO/c1-3-5-7-9-11-13-15-17-22(24)29-19-21(20-30-32(26,27)28)31-23(25)18-16-14-12-10-8-6-4-2;3-1-2-4/h21H,3-20H2,1-2H3,(H2,26,27,28);4H,1-3H2. The summed E-state index contributed by atoms with van der Waals surface area (Å²) in [6.07, 6.45) is 14.5. The highest BCUT2D eigenvalue weighted by atomic mass is 31.2. The van der Waals surface area contributed by atoms with E-state index in [0.29, 0.717) is 13.0 Å². The van der Waals surface area contributed by atoms with Gasteiger partial charge in [0, 0.05) is 19.4 Å². The highest BCUT2D eigenvalue weighted by Crippen LogP contribution is 2.35. The van der Waals surface area contributed by atoms with Crippen LogP contribution in [0, 0.1) is 0 Å². The van der Waals surface area contributed by atoms with E-state index in [-0.39, 0.29) is 26.1 Å². The van der Waals surface area contributed by atoms with E-state index in [2.05, 4.69) is 18.4 Å². The van der Waals surface area contributed by atoms with Crippen LogP contribution in [0.2, 0.25) is 0 Å². The van der Waals surface area contributed by atoms with Gasteiger partial charge in [-0.3, -0.25) is 14.1 Å². The molecule has 0 rings (SSSR count). The van der Waals surface area contributed by atoms with Gasteiger partial charge in [0.15, 0.2) is 6.10 Å². The fourth-order valence-electron chi connectivity index (χ4n) is 3.25. The fraction of sp³-hybridized carbons (Fsp3) is 0.920. The number of esters is 2. The summed E-state index contributed by atoms with van der Waals surface area (Å²) >= 11 is 0. The highest BCUT2D eigenvalue weighted by Gasteiger charge is 2.22. The van der Waals surface area contributed by atoms with Crippen molar-refractivity contribution in [2.24, 2.45) is 5.73 Å². The zero-order valence-electron chi connectivity index (χ0n) is 22.5. The predicted octanol–water partition coefficient (Wildman–Crippen LogP) is 4.77. The minimum absolute atomic E-state index is 0.0972. The Morgan fingerprint density at radius 3 is 1.58 bits per heavy atom. The second kappa shape index (κ2) is 27.0. The summed E-state index contributed by atoms with van der Waals surface area (Å²) in [6, 6.07) is 0. The molecule has 0 saturated heterocycles. The molecule has 0 aromatic heterocycles. The van der Waals surface area contributed by atoms with E-state index < -0.39 is 32.5 Å². The molecule has 0 bridgehead atoms. The van der Waals surface area contributed by atoms with Crippen LogP contribution in [-0.2, 0) is 28.2 Å². The van der Waals surface area contributed by atoms with Gasteiger partial charge >= 0.3 is 19.8 Å². The smallest absolute Gasteiger partial charge is 0.462 e. The average Bonchev–Trinajstić information content (AvgIpc) is 2.84. The Morgan fingerprint density at radius 1 is 0.750 bits per heavy atom. The molecule has 5 N–H and O–H groups in total. The largest absolute Gasteiger partial charge is 0.469 e. The summed E-state index contributed by atoms with van der Waals surface area (Å²) in [5.41, 5.74) is 4.78. The lowest BCUT2D eigenvalue weighted by Gasteiger charge is -2.18. The normalized spacial score (nSPS) is 11.9. The first kappa shape index (κ1) is 37.1. The first-order chi connectivity index (χ1) is 17.2. The van der Waals surface area contributed by atoms with Crippen LogP contribution in [0.3, 0.4) is 0 Å². The Hall–Kier alpha value is -1.03. The summed E-state index contributed by atoms with van der Waals surface area (Å²) in [5, 5.41) is 7.75. The Bertz CT molecular complexity index is 556. The van der Waals surface area contributed by atoms with Gasteiger partial charge in [-0.2, -0.15) is 0 Å². The van der Waals surface area contributed by atoms with Gasteiger partial charge in [0.25, 0.3) is 0 Å². The van der Waals surface area contributed by atoms with Crippen molar-refractivity contribution in [3.8, 4) is 0 Å². The SMILES string of the molecule is CCCCCCCCCC(=O)OCC(COP(=O)(O)O)OC(=O)CCCCCCCCC.NCCO. The molecule has 0 spiro atoms. The van der Waals surface area contributed by atoms with Gasteiger partial charge in [0.2, 0.25) is 0 Å². The first-order valence-corrected chi connectivity index (χ1v) is 15.1. The summed E-state index contributed by atoms with van der Waals surface area (Å²) in [5.74, 6) is -0.899. The average molecular weight is 542 g/mol. The number of aliphatic hydroxyl groups excluding tert-OH is 1. The van der Waals surface area contributed by atoms with Crippen LogP contribution >= 0.6 is 7.82 Å². The van der Waals surface area contributed by atoms with Crippen LogP contribution in [0.25, 0.3) is 0 Å². The number of carbonyl (C=O) groups excluding carboxylic acids is 2. The van der Waals surface area contributed by atoms with Crippen molar-refractivity contribution in [3.63, 3.8) is 0 Å². The maximum atomic E-state index is 12.1. The Labute approximate surface area is 217 Å². The zero-order valence-corrected chi connectivity index (χ0v) is 23.4. The number of phosphoric acid groups is 1. The summed E-state index contributed by atoms with van der Waals surface area (Å²) < 4.78 is 25.8. The molecule has 0 saturated carbocycles. The number of nitrogens with two attached hydrogens (primary N) is 1. The molecule has 0 radical (unpaired) electrons. The molecule has 216 valence electrons. The van der Waals surface area contributed by atoms with Crippen molar-refractivity contribution in [2.45, 2.75) is 123 Å². The van der Waals surface area contributed by atoms with Gasteiger partial charge in [-0.1, -0.05) is 90.9 Å². The number of aliphatic hydroxyl groups is 1. The number of unbranched alkanes of at least 4 members (excludes halogenated alkanes) is 12. The van der Waals surface area contributed by atoms with Gasteiger partial charge < -0.3 is 30.1 Å². The van der Waals surface area contributed by atoms with E-state index in [1.165, 1.54) is 44.9 Å². The number of hydrogen-bond donors (Lipinski definition) is 4. The summed E-state index contributed by atoms with van der Waals surface area (Å²) in [6.45, 7) is 3.99. The second-order valence-electron chi connectivity index (χ2n) is 8.84. The topological polar surface area (TPSA) is 166 Å². The lowest BCUT2D eigenvalue weighted by atomic mass is 10.1. The highest BCUT2D eigenvalue weighted by molar-refractivity contribution is 7.46. The number of phosphoric ester groups is 1. The van der Waals surface area contributed by atoms with E-state index in [1.807, 2.05) is 0 Å². The maximum Gasteiger partial charge on any atom is 0.469 e. The molecule has 0 fully saturated rings. The molecule has 0 aliphatic carbocycles. The van der Waals surface area contributed by atoms with E-state index in [9.17, 15) is 14.2 Å². The predicted molar refractivity (Wildman–Crippen MR) is 140 cm³/mol. The van der Waals surface area contributed by atoms with Crippen molar-refractivity contribution in [3.05, 3.63) is 0 Å². The lowest BCUT2D eigenvalue weighted by Crippen LogP contribution is -2.29. The molecule has 1 atom stereocenters. The Kier molecular flexibility index (Phi) is 27.9. The molecule has 11 heteroatoms. The summed E-state index contributed by atoms with van der Waals surface area (Å²) in [7, 11) is -4.72. The molecule has 1 unspecified atom stereocenters. The Balaban J connectivity index is 0.